The Bertz CT molecular complexity index is 1350. The highest BCUT2D eigenvalue weighted by Crippen LogP contribution is 2.38. The van der Waals surface area contributed by atoms with E-state index in [0.29, 0.717) is 45.5 Å². The molecule has 0 atom stereocenters. The van der Waals surface area contributed by atoms with E-state index in [4.69, 9.17) is 18.9 Å². The topological polar surface area (TPSA) is 95.1 Å². The maximum absolute atomic E-state index is 13.0. The summed E-state index contributed by atoms with van der Waals surface area (Å²) < 4.78 is 21.7. The Morgan fingerprint density at radius 1 is 0.559 bits per heavy atom. The van der Waals surface area contributed by atoms with Gasteiger partial charge in [-0.1, -0.05) is 36.4 Å². The lowest BCUT2D eigenvalue weighted by Crippen LogP contribution is -2.14. The van der Waals surface area contributed by atoms with Crippen LogP contribution in [0.25, 0.3) is 10.8 Å². The van der Waals surface area contributed by atoms with E-state index in [2.05, 4.69) is 10.6 Å². The van der Waals surface area contributed by atoms with Crippen molar-refractivity contribution in [1.29, 1.82) is 0 Å². The summed E-state index contributed by atoms with van der Waals surface area (Å²) in [6.07, 6.45) is 0. The van der Waals surface area contributed by atoms with Gasteiger partial charge in [0.15, 0.2) is 23.0 Å². The summed E-state index contributed by atoms with van der Waals surface area (Å²) in [6, 6.07) is 21.4. The van der Waals surface area contributed by atoms with Gasteiger partial charge in [0.1, 0.15) is 0 Å². The van der Waals surface area contributed by atoms with Crippen molar-refractivity contribution in [3.05, 3.63) is 83.9 Å². The predicted molar refractivity (Wildman–Crippen MR) is 125 cm³/mol. The lowest BCUT2D eigenvalue weighted by atomic mass is 10.1. The molecule has 0 fully saturated rings. The molecule has 4 aromatic carbocycles. The second-order valence-corrected chi connectivity index (χ2v) is 7.69. The molecule has 6 rings (SSSR count). The molecule has 0 unspecified atom stereocenters. The molecule has 2 amide bonds. The Morgan fingerprint density at radius 2 is 1.00 bits per heavy atom. The molecule has 4 aromatic rings. The van der Waals surface area contributed by atoms with Gasteiger partial charge in [-0.25, -0.2) is 0 Å². The van der Waals surface area contributed by atoms with E-state index in [1.54, 1.807) is 36.4 Å². The highest BCUT2D eigenvalue weighted by molar-refractivity contribution is 6.15. The molecule has 0 bridgehead atoms. The molecule has 0 radical (unpaired) electrons. The summed E-state index contributed by atoms with van der Waals surface area (Å²) in [6.45, 7) is 0.164. The zero-order chi connectivity index (χ0) is 23.1. The molecule has 0 spiro atoms. The van der Waals surface area contributed by atoms with E-state index in [1.807, 2.05) is 36.4 Å². The monoisotopic (exact) mass is 454 g/mol. The second kappa shape index (κ2) is 8.00. The van der Waals surface area contributed by atoms with Crippen LogP contribution < -0.4 is 29.6 Å². The van der Waals surface area contributed by atoms with E-state index in [9.17, 15) is 9.59 Å². The van der Waals surface area contributed by atoms with Crippen molar-refractivity contribution < 1.29 is 28.5 Å². The maximum Gasteiger partial charge on any atom is 0.259 e. The molecule has 8 nitrogen and oxygen atoms in total. The van der Waals surface area contributed by atoms with Gasteiger partial charge in [-0.15, -0.1) is 0 Å². The Kier molecular flexibility index (Phi) is 4.69. The summed E-state index contributed by atoms with van der Waals surface area (Å²) >= 11 is 0. The minimum Gasteiger partial charge on any atom is -0.454 e. The smallest absolute Gasteiger partial charge is 0.259 e. The number of benzene rings is 4. The van der Waals surface area contributed by atoms with E-state index in [1.165, 1.54) is 0 Å². The van der Waals surface area contributed by atoms with Crippen molar-refractivity contribution in [3.63, 3.8) is 0 Å². The van der Waals surface area contributed by atoms with Crippen LogP contribution >= 0.6 is 0 Å². The summed E-state index contributed by atoms with van der Waals surface area (Å²) in [5, 5.41) is 7.46. The fourth-order valence-corrected chi connectivity index (χ4v) is 4.13. The van der Waals surface area contributed by atoms with Gasteiger partial charge < -0.3 is 29.6 Å². The molecule has 2 heterocycles. The van der Waals surface area contributed by atoms with Crippen LogP contribution in [0.4, 0.5) is 11.4 Å². The number of hydrogen-bond donors (Lipinski definition) is 2. The number of para-hydroxylation sites is 2. The Hall–Kier alpha value is -4.72. The van der Waals surface area contributed by atoms with Gasteiger partial charge in [0, 0.05) is 22.1 Å². The van der Waals surface area contributed by atoms with Crippen LogP contribution in [-0.4, -0.2) is 25.4 Å². The first kappa shape index (κ1) is 19.9. The maximum atomic E-state index is 13.0. The number of carbonyl (C=O) groups is 2. The summed E-state index contributed by atoms with van der Waals surface area (Å²) in [5.74, 6) is 1.29. The lowest BCUT2D eigenvalue weighted by molar-refractivity contribution is 0.101. The van der Waals surface area contributed by atoms with Crippen molar-refractivity contribution >= 4 is 34.0 Å². The molecule has 0 saturated heterocycles. The number of carbonyl (C=O) groups excluding carboxylic acids is 2. The molecule has 0 aliphatic carbocycles. The minimum absolute atomic E-state index is 0.0821. The van der Waals surface area contributed by atoms with Crippen molar-refractivity contribution in [2.45, 2.75) is 0 Å². The zero-order valence-electron chi connectivity index (χ0n) is 17.8. The third-order valence-electron chi connectivity index (χ3n) is 5.70. The van der Waals surface area contributed by atoms with Crippen LogP contribution in [0.2, 0.25) is 0 Å². The number of rotatable bonds is 4. The predicted octanol–water partition coefficient (Wildman–Crippen LogP) is 4.80. The quantitative estimate of drug-likeness (QED) is 0.460. The molecule has 34 heavy (non-hydrogen) atoms. The summed E-state index contributed by atoms with van der Waals surface area (Å²) in [5.41, 5.74) is 1.98. The SMILES string of the molecule is O=C(Nc1cccc2c(NC(=O)c3cccc4c3OCO4)cccc12)c1cccc2c1OCO2. The Labute approximate surface area is 194 Å². The number of hydrogen-bond acceptors (Lipinski definition) is 6. The van der Waals surface area contributed by atoms with Crippen LogP contribution in [0.15, 0.2) is 72.8 Å². The second-order valence-electron chi connectivity index (χ2n) is 7.69. The average molecular weight is 454 g/mol. The van der Waals surface area contributed by atoms with Crippen molar-refractivity contribution in [2.75, 3.05) is 24.2 Å². The minimum atomic E-state index is -0.318. The first-order valence-electron chi connectivity index (χ1n) is 10.6. The Morgan fingerprint density at radius 3 is 1.47 bits per heavy atom. The van der Waals surface area contributed by atoms with E-state index in [-0.39, 0.29) is 25.4 Å². The molecule has 2 aliphatic heterocycles. The van der Waals surface area contributed by atoms with Crippen LogP contribution in [0.3, 0.4) is 0 Å². The van der Waals surface area contributed by atoms with Gasteiger partial charge >= 0.3 is 0 Å². The molecule has 168 valence electrons. The third kappa shape index (κ3) is 3.32. The number of anilines is 2. The van der Waals surface area contributed by atoms with Gasteiger partial charge in [-0.3, -0.25) is 9.59 Å². The highest BCUT2D eigenvalue weighted by atomic mass is 16.7. The van der Waals surface area contributed by atoms with E-state index < -0.39 is 0 Å². The number of amides is 2. The first-order chi connectivity index (χ1) is 16.7. The van der Waals surface area contributed by atoms with Crippen LogP contribution in [0.5, 0.6) is 23.0 Å². The van der Waals surface area contributed by atoms with Crippen molar-refractivity contribution in [2.24, 2.45) is 0 Å². The fraction of sp³-hybridized carbons (Fsp3) is 0.0769. The molecular weight excluding hydrogens is 436 g/mol. The molecule has 0 aromatic heterocycles. The van der Waals surface area contributed by atoms with Gasteiger partial charge in [0.05, 0.1) is 11.1 Å². The average Bonchev–Trinajstić information content (AvgIpc) is 3.53. The van der Waals surface area contributed by atoms with Crippen LogP contribution in [0, 0.1) is 0 Å². The summed E-state index contributed by atoms with van der Waals surface area (Å²) in [4.78, 5) is 26.1. The molecule has 0 saturated carbocycles. The number of nitrogens with one attached hydrogen (secondary N) is 2. The first-order valence-corrected chi connectivity index (χ1v) is 10.6. The van der Waals surface area contributed by atoms with Gasteiger partial charge in [-0.2, -0.15) is 0 Å². The fourth-order valence-electron chi connectivity index (χ4n) is 4.13. The van der Waals surface area contributed by atoms with Crippen molar-refractivity contribution in [1.82, 2.24) is 0 Å². The highest BCUT2D eigenvalue weighted by Gasteiger charge is 2.24. The number of ether oxygens (including phenoxy) is 4. The normalized spacial score (nSPS) is 13.1. The third-order valence-corrected chi connectivity index (χ3v) is 5.70. The lowest BCUT2D eigenvalue weighted by Gasteiger charge is -2.14. The van der Waals surface area contributed by atoms with Gasteiger partial charge in [-0.05, 0) is 36.4 Å². The largest absolute Gasteiger partial charge is 0.454 e. The molecular formula is C26H18N2O6. The molecule has 2 N–H and O–H groups in total. The standard InChI is InChI=1S/C26H18N2O6/c29-25(17-7-3-11-21-23(17)33-13-31-21)27-19-9-1-5-15-16(19)6-2-10-20(15)28-26(30)18-8-4-12-22-24(18)34-14-32-22/h1-12H,13-14H2,(H,27,29)(H,28,30). The van der Waals surface area contributed by atoms with E-state index in [0.717, 1.165) is 10.8 Å². The number of fused-ring (bicyclic) bond motifs is 3. The van der Waals surface area contributed by atoms with E-state index >= 15 is 0 Å². The van der Waals surface area contributed by atoms with Gasteiger partial charge in [0.25, 0.3) is 11.8 Å². The van der Waals surface area contributed by atoms with Gasteiger partial charge in [0.2, 0.25) is 13.6 Å². The summed E-state index contributed by atoms with van der Waals surface area (Å²) in [7, 11) is 0. The Balaban J connectivity index is 1.31. The van der Waals surface area contributed by atoms with Crippen LogP contribution in [0.1, 0.15) is 20.7 Å². The molecule has 2 aliphatic rings. The molecule has 8 heteroatoms. The van der Waals surface area contributed by atoms with Crippen LogP contribution in [-0.2, 0) is 0 Å². The van der Waals surface area contributed by atoms with Crippen molar-refractivity contribution in [3.8, 4) is 23.0 Å². The zero-order valence-corrected chi connectivity index (χ0v) is 17.8.